The van der Waals surface area contributed by atoms with Gasteiger partial charge in [0.15, 0.2) is 0 Å². The largest absolute Gasteiger partial charge is 0.322 e. The molecule has 0 saturated carbocycles. The number of hydrogen-bond acceptors (Lipinski definition) is 3. The fourth-order valence-corrected chi connectivity index (χ4v) is 2.39. The van der Waals surface area contributed by atoms with Crippen molar-refractivity contribution in [2.75, 3.05) is 0 Å². The quantitative estimate of drug-likeness (QED) is 0.762. The van der Waals surface area contributed by atoms with Gasteiger partial charge in [0.05, 0.1) is 11.1 Å². The number of nitrogens with one attached hydrogen (secondary N) is 1. The average Bonchev–Trinajstić information content (AvgIpc) is 2.47. The smallest absolute Gasteiger partial charge is 0.272 e. The summed E-state index contributed by atoms with van der Waals surface area (Å²) >= 11 is 0. The molecule has 0 aliphatic carbocycles. The van der Waals surface area contributed by atoms with Crippen LogP contribution in [-0.4, -0.2) is 10.2 Å². The molecule has 1 aromatic heterocycles. The van der Waals surface area contributed by atoms with Gasteiger partial charge >= 0.3 is 0 Å². The Balaban J connectivity index is 0.00000176. The van der Waals surface area contributed by atoms with Gasteiger partial charge in [-0.3, -0.25) is 4.79 Å². The van der Waals surface area contributed by atoms with Crippen LogP contribution in [0.5, 0.6) is 0 Å². The van der Waals surface area contributed by atoms with Crippen molar-refractivity contribution in [3.05, 3.63) is 64.4 Å². The van der Waals surface area contributed by atoms with Gasteiger partial charge in [0.2, 0.25) is 0 Å². The summed E-state index contributed by atoms with van der Waals surface area (Å²) < 4.78 is 0. The van der Waals surface area contributed by atoms with Gasteiger partial charge < -0.3 is 5.73 Å². The molecule has 5 heteroatoms. The van der Waals surface area contributed by atoms with Crippen molar-refractivity contribution in [3.63, 3.8) is 0 Å². The minimum Gasteiger partial charge on any atom is -0.322 e. The van der Waals surface area contributed by atoms with Crippen LogP contribution >= 0.6 is 12.4 Å². The highest BCUT2D eigenvalue weighted by molar-refractivity contribution is 5.93. The number of hydrogen-bond donors (Lipinski definition) is 2. The summed E-state index contributed by atoms with van der Waals surface area (Å²) in [4.78, 5) is 11.8. The fraction of sp³-hybridized carbons (Fsp3) is 0.176. The lowest BCUT2D eigenvalue weighted by Crippen LogP contribution is -2.28. The van der Waals surface area contributed by atoms with Crippen LogP contribution in [0.3, 0.4) is 0 Å². The molecule has 2 aromatic carbocycles. The summed E-state index contributed by atoms with van der Waals surface area (Å²) in [7, 11) is 0. The molecule has 0 fully saturated rings. The molecular weight excluding hydrogens is 298 g/mol. The lowest BCUT2D eigenvalue weighted by atomic mass is 9.94. The van der Waals surface area contributed by atoms with E-state index in [4.69, 9.17) is 5.73 Å². The first kappa shape index (κ1) is 16.2. The third kappa shape index (κ3) is 2.89. The van der Waals surface area contributed by atoms with Gasteiger partial charge in [-0.05, 0) is 25.5 Å². The van der Waals surface area contributed by atoms with Gasteiger partial charge in [-0.15, -0.1) is 12.4 Å². The number of aromatic nitrogens is 2. The second kappa shape index (κ2) is 5.91. The Kier molecular flexibility index (Phi) is 4.35. The molecule has 0 bridgehead atoms. The Hall–Kier alpha value is -2.17. The van der Waals surface area contributed by atoms with Crippen LogP contribution in [0.15, 0.2) is 53.3 Å². The van der Waals surface area contributed by atoms with E-state index in [2.05, 4.69) is 10.2 Å². The van der Waals surface area contributed by atoms with Crippen molar-refractivity contribution in [2.24, 2.45) is 5.73 Å². The molecule has 3 rings (SSSR count). The van der Waals surface area contributed by atoms with E-state index in [9.17, 15) is 4.79 Å². The Labute approximate surface area is 134 Å². The molecule has 0 aliphatic rings. The summed E-state index contributed by atoms with van der Waals surface area (Å²) in [6.45, 7) is 3.94. The van der Waals surface area contributed by atoms with Gasteiger partial charge in [-0.1, -0.05) is 42.5 Å². The number of nitrogens with two attached hydrogens (primary N) is 1. The molecule has 0 amide bonds. The van der Waals surface area contributed by atoms with E-state index >= 15 is 0 Å². The maximum Gasteiger partial charge on any atom is 0.272 e. The minimum absolute atomic E-state index is 0. The molecule has 22 heavy (non-hydrogen) atoms. The summed E-state index contributed by atoms with van der Waals surface area (Å²) in [5.41, 5.74) is 8.32. The second-order valence-electron chi connectivity index (χ2n) is 5.75. The van der Waals surface area contributed by atoms with E-state index in [1.807, 2.05) is 56.3 Å². The van der Waals surface area contributed by atoms with Gasteiger partial charge in [-0.25, -0.2) is 5.10 Å². The molecule has 114 valence electrons. The van der Waals surface area contributed by atoms with Crippen molar-refractivity contribution in [2.45, 2.75) is 19.4 Å². The van der Waals surface area contributed by atoms with E-state index < -0.39 is 0 Å². The van der Waals surface area contributed by atoms with E-state index in [-0.39, 0.29) is 23.5 Å². The number of fused-ring (bicyclic) bond motifs is 1. The number of halogens is 1. The van der Waals surface area contributed by atoms with Crippen LogP contribution in [0.4, 0.5) is 0 Å². The summed E-state index contributed by atoms with van der Waals surface area (Å²) in [5.74, 6) is 0. The van der Waals surface area contributed by atoms with Gasteiger partial charge in [-0.2, -0.15) is 5.10 Å². The molecule has 1 heterocycles. The third-order valence-electron chi connectivity index (χ3n) is 3.60. The highest BCUT2D eigenvalue weighted by Gasteiger charge is 2.14. The van der Waals surface area contributed by atoms with Crippen molar-refractivity contribution >= 4 is 23.2 Å². The van der Waals surface area contributed by atoms with Gasteiger partial charge in [0, 0.05) is 16.5 Å². The SMILES string of the molecule is CC(C)(N)c1ccc(-c2n[nH]c(=O)c3ccccc23)cc1.Cl. The predicted octanol–water partition coefficient (Wildman–Crippen LogP) is 3.21. The molecule has 0 aliphatic heterocycles. The van der Waals surface area contributed by atoms with Crippen LogP contribution in [0.1, 0.15) is 19.4 Å². The highest BCUT2D eigenvalue weighted by atomic mass is 35.5. The molecular formula is C17H18ClN3O. The monoisotopic (exact) mass is 315 g/mol. The van der Waals surface area contributed by atoms with E-state index in [1.165, 1.54) is 0 Å². The Morgan fingerprint density at radius 1 is 1.00 bits per heavy atom. The number of nitrogens with zero attached hydrogens (tertiary/aromatic N) is 1. The summed E-state index contributed by atoms with van der Waals surface area (Å²) in [6.07, 6.45) is 0. The van der Waals surface area contributed by atoms with Crippen molar-refractivity contribution in [1.29, 1.82) is 0 Å². The average molecular weight is 316 g/mol. The lowest BCUT2D eigenvalue weighted by molar-refractivity contribution is 0.554. The zero-order valence-electron chi connectivity index (χ0n) is 12.5. The predicted molar refractivity (Wildman–Crippen MR) is 92.3 cm³/mol. The van der Waals surface area contributed by atoms with Crippen LogP contribution in [-0.2, 0) is 5.54 Å². The Bertz CT molecular complexity index is 848. The molecule has 0 atom stereocenters. The topological polar surface area (TPSA) is 71.8 Å². The van der Waals surface area contributed by atoms with Crippen LogP contribution in [0.25, 0.3) is 22.0 Å². The third-order valence-corrected chi connectivity index (χ3v) is 3.60. The summed E-state index contributed by atoms with van der Waals surface area (Å²) in [5, 5.41) is 8.25. The molecule has 0 saturated heterocycles. The Morgan fingerprint density at radius 3 is 2.18 bits per heavy atom. The van der Waals surface area contributed by atoms with Crippen molar-refractivity contribution in [3.8, 4) is 11.3 Å². The van der Waals surface area contributed by atoms with Crippen molar-refractivity contribution in [1.82, 2.24) is 10.2 Å². The highest BCUT2D eigenvalue weighted by Crippen LogP contribution is 2.26. The fourth-order valence-electron chi connectivity index (χ4n) is 2.39. The minimum atomic E-state index is -0.376. The van der Waals surface area contributed by atoms with Gasteiger partial charge in [0.25, 0.3) is 5.56 Å². The molecule has 4 nitrogen and oxygen atoms in total. The van der Waals surface area contributed by atoms with E-state index in [0.717, 1.165) is 22.2 Å². The van der Waals surface area contributed by atoms with Crippen LogP contribution in [0, 0.1) is 0 Å². The van der Waals surface area contributed by atoms with Crippen molar-refractivity contribution < 1.29 is 0 Å². The first-order valence-corrected chi connectivity index (χ1v) is 6.84. The molecule has 0 unspecified atom stereocenters. The standard InChI is InChI=1S/C17H17N3O.ClH/c1-17(2,18)12-9-7-11(8-10-12)15-13-5-3-4-6-14(13)16(21)20-19-15;/h3-10H,18H2,1-2H3,(H,20,21);1H. The van der Waals surface area contributed by atoms with E-state index in [0.29, 0.717) is 5.39 Å². The van der Waals surface area contributed by atoms with Crippen LogP contribution < -0.4 is 11.3 Å². The molecule has 0 radical (unpaired) electrons. The maximum atomic E-state index is 11.8. The first-order chi connectivity index (χ1) is 9.97. The number of benzene rings is 2. The maximum absolute atomic E-state index is 11.8. The molecule has 0 spiro atoms. The van der Waals surface area contributed by atoms with Crippen LogP contribution in [0.2, 0.25) is 0 Å². The normalized spacial score (nSPS) is 11.2. The zero-order chi connectivity index (χ0) is 15.0. The number of rotatable bonds is 2. The van der Waals surface area contributed by atoms with Gasteiger partial charge in [0.1, 0.15) is 0 Å². The molecule has 3 N–H and O–H groups in total. The molecule has 3 aromatic rings. The number of H-pyrrole nitrogens is 1. The van der Waals surface area contributed by atoms with E-state index in [1.54, 1.807) is 6.07 Å². The zero-order valence-corrected chi connectivity index (χ0v) is 13.3. The first-order valence-electron chi connectivity index (χ1n) is 6.84. The lowest BCUT2D eigenvalue weighted by Gasteiger charge is -2.19. The summed E-state index contributed by atoms with van der Waals surface area (Å²) in [6, 6.07) is 15.4. The number of aromatic amines is 1. The second-order valence-corrected chi connectivity index (χ2v) is 5.75. The Morgan fingerprint density at radius 2 is 1.59 bits per heavy atom.